The molecule has 1 rings (SSSR count). The second-order valence-electron chi connectivity index (χ2n) is 5.18. The van der Waals surface area contributed by atoms with Crippen molar-refractivity contribution in [2.45, 2.75) is 33.6 Å². The van der Waals surface area contributed by atoms with Gasteiger partial charge in [0, 0.05) is 32.5 Å². The second-order valence-corrected chi connectivity index (χ2v) is 5.18. The lowest BCUT2D eigenvalue weighted by Gasteiger charge is -2.32. The van der Waals surface area contributed by atoms with Crippen LogP contribution in [0.15, 0.2) is 5.16 Å². The summed E-state index contributed by atoms with van der Waals surface area (Å²) in [5, 5.41) is 4.00. The first-order valence-electron chi connectivity index (χ1n) is 5.32. The molecule has 0 aromatic rings. The highest BCUT2D eigenvalue weighted by Crippen LogP contribution is 2.18. The standard InChI is InChI=1S/C11H22N2O/c1-11(2,3)9-13-7-5-10(6-8-13)12-14-4/h5-9H2,1-4H3. The van der Waals surface area contributed by atoms with Gasteiger partial charge in [-0.05, 0) is 5.41 Å². The lowest BCUT2D eigenvalue weighted by molar-refractivity contribution is 0.181. The molecule has 3 nitrogen and oxygen atoms in total. The van der Waals surface area contributed by atoms with Gasteiger partial charge in [-0.15, -0.1) is 0 Å². The normalized spacial score (nSPS) is 19.6. The summed E-state index contributed by atoms with van der Waals surface area (Å²) in [5.74, 6) is 0. The molecule has 0 aromatic carbocycles. The molecule has 0 unspecified atom stereocenters. The van der Waals surface area contributed by atoms with Gasteiger partial charge in [0.05, 0.1) is 5.71 Å². The van der Waals surface area contributed by atoms with Gasteiger partial charge in [-0.2, -0.15) is 0 Å². The van der Waals surface area contributed by atoms with Gasteiger partial charge in [-0.1, -0.05) is 25.9 Å². The molecule has 1 aliphatic rings. The van der Waals surface area contributed by atoms with Crippen LogP contribution in [-0.4, -0.2) is 37.4 Å². The van der Waals surface area contributed by atoms with E-state index in [-0.39, 0.29) is 0 Å². The third-order valence-corrected chi connectivity index (χ3v) is 2.35. The van der Waals surface area contributed by atoms with Crippen molar-refractivity contribution in [3.8, 4) is 0 Å². The van der Waals surface area contributed by atoms with Crippen LogP contribution in [0, 0.1) is 5.41 Å². The summed E-state index contributed by atoms with van der Waals surface area (Å²) in [6.07, 6.45) is 2.12. The maximum absolute atomic E-state index is 4.79. The van der Waals surface area contributed by atoms with E-state index in [4.69, 9.17) is 4.84 Å². The summed E-state index contributed by atoms with van der Waals surface area (Å²) in [5.41, 5.74) is 1.60. The molecule has 0 spiro atoms. The van der Waals surface area contributed by atoms with Gasteiger partial charge >= 0.3 is 0 Å². The molecule has 3 heteroatoms. The Labute approximate surface area is 87.1 Å². The van der Waals surface area contributed by atoms with Crippen LogP contribution in [0.4, 0.5) is 0 Å². The summed E-state index contributed by atoms with van der Waals surface area (Å²) in [4.78, 5) is 7.30. The zero-order valence-electron chi connectivity index (χ0n) is 9.84. The Hall–Kier alpha value is -0.570. The third kappa shape index (κ3) is 4.09. The Morgan fingerprint density at radius 2 is 1.86 bits per heavy atom. The van der Waals surface area contributed by atoms with E-state index in [1.807, 2.05) is 0 Å². The Morgan fingerprint density at radius 3 is 2.29 bits per heavy atom. The Balaban J connectivity index is 2.33. The summed E-state index contributed by atoms with van der Waals surface area (Å²) in [6, 6.07) is 0. The fourth-order valence-corrected chi connectivity index (χ4v) is 1.86. The first-order chi connectivity index (χ1) is 6.51. The molecule has 0 bridgehead atoms. The summed E-state index contributed by atoms with van der Waals surface area (Å²) < 4.78 is 0. The maximum atomic E-state index is 4.79. The molecule has 82 valence electrons. The molecule has 0 saturated carbocycles. The van der Waals surface area contributed by atoms with E-state index in [0.717, 1.165) is 25.9 Å². The van der Waals surface area contributed by atoms with Crippen molar-refractivity contribution >= 4 is 5.71 Å². The zero-order chi connectivity index (χ0) is 10.6. The van der Waals surface area contributed by atoms with Gasteiger partial charge in [-0.25, -0.2) is 0 Å². The Kier molecular flexibility index (Phi) is 3.93. The molecule has 1 saturated heterocycles. The van der Waals surface area contributed by atoms with Gasteiger partial charge in [-0.3, -0.25) is 0 Å². The van der Waals surface area contributed by atoms with Crippen molar-refractivity contribution in [1.82, 2.24) is 4.90 Å². The van der Waals surface area contributed by atoms with Crippen molar-refractivity contribution in [2.75, 3.05) is 26.7 Å². The zero-order valence-corrected chi connectivity index (χ0v) is 9.84. The van der Waals surface area contributed by atoms with Crippen LogP contribution in [0.25, 0.3) is 0 Å². The highest BCUT2D eigenvalue weighted by atomic mass is 16.6. The van der Waals surface area contributed by atoms with Crippen molar-refractivity contribution in [2.24, 2.45) is 10.6 Å². The predicted octanol–water partition coefficient (Wildman–Crippen LogP) is 2.13. The SMILES string of the molecule is CON=C1CCN(CC(C)(C)C)CC1. The monoisotopic (exact) mass is 198 g/mol. The topological polar surface area (TPSA) is 24.8 Å². The van der Waals surface area contributed by atoms with Gasteiger partial charge in [0.15, 0.2) is 0 Å². The van der Waals surface area contributed by atoms with Crippen molar-refractivity contribution in [3.05, 3.63) is 0 Å². The molecular formula is C11H22N2O. The van der Waals surface area contributed by atoms with Crippen LogP contribution >= 0.6 is 0 Å². The average Bonchev–Trinajstić information content (AvgIpc) is 2.06. The number of nitrogens with zero attached hydrogens (tertiary/aromatic N) is 2. The minimum Gasteiger partial charge on any atom is -0.399 e. The molecule has 0 aromatic heterocycles. The van der Waals surface area contributed by atoms with Crippen molar-refractivity contribution < 1.29 is 4.84 Å². The Bertz CT molecular complexity index is 196. The van der Waals surface area contributed by atoms with Crippen LogP contribution in [0.1, 0.15) is 33.6 Å². The molecule has 0 radical (unpaired) electrons. The quantitative estimate of drug-likeness (QED) is 0.635. The van der Waals surface area contributed by atoms with Gasteiger partial charge in [0.25, 0.3) is 0 Å². The van der Waals surface area contributed by atoms with Crippen LogP contribution in [0.3, 0.4) is 0 Å². The summed E-state index contributed by atoms with van der Waals surface area (Å²) in [7, 11) is 1.62. The van der Waals surface area contributed by atoms with Crippen molar-refractivity contribution in [3.63, 3.8) is 0 Å². The van der Waals surface area contributed by atoms with E-state index >= 15 is 0 Å². The molecule has 0 amide bonds. The van der Waals surface area contributed by atoms with E-state index < -0.39 is 0 Å². The van der Waals surface area contributed by atoms with Gasteiger partial charge in [0.1, 0.15) is 7.11 Å². The number of hydrogen-bond acceptors (Lipinski definition) is 3. The maximum Gasteiger partial charge on any atom is 0.106 e. The van der Waals surface area contributed by atoms with E-state index in [1.54, 1.807) is 7.11 Å². The smallest absolute Gasteiger partial charge is 0.106 e. The minimum absolute atomic E-state index is 0.399. The molecule has 1 fully saturated rings. The molecular weight excluding hydrogens is 176 g/mol. The van der Waals surface area contributed by atoms with E-state index in [0.29, 0.717) is 5.41 Å². The van der Waals surface area contributed by atoms with Gasteiger partial charge in [0.2, 0.25) is 0 Å². The fourth-order valence-electron chi connectivity index (χ4n) is 1.86. The third-order valence-electron chi connectivity index (χ3n) is 2.35. The molecule has 0 aliphatic carbocycles. The lowest BCUT2D eigenvalue weighted by Crippen LogP contribution is -2.39. The number of oxime groups is 1. The largest absolute Gasteiger partial charge is 0.399 e. The molecule has 14 heavy (non-hydrogen) atoms. The second kappa shape index (κ2) is 4.78. The molecule has 1 aliphatic heterocycles. The fraction of sp³-hybridized carbons (Fsp3) is 0.909. The van der Waals surface area contributed by atoms with E-state index in [2.05, 4.69) is 30.8 Å². The highest BCUT2D eigenvalue weighted by Gasteiger charge is 2.20. The number of rotatable bonds is 2. The van der Waals surface area contributed by atoms with Crippen LogP contribution in [-0.2, 0) is 4.84 Å². The average molecular weight is 198 g/mol. The highest BCUT2D eigenvalue weighted by molar-refractivity contribution is 5.84. The van der Waals surface area contributed by atoms with E-state index in [9.17, 15) is 0 Å². The van der Waals surface area contributed by atoms with Crippen LogP contribution < -0.4 is 0 Å². The van der Waals surface area contributed by atoms with Crippen LogP contribution in [0.5, 0.6) is 0 Å². The minimum atomic E-state index is 0.399. The first-order valence-corrected chi connectivity index (χ1v) is 5.32. The molecule has 0 N–H and O–H groups in total. The summed E-state index contributed by atoms with van der Waals surface area (Å²) >= 11 is 0. The van der Waals surface area contributed by atoms with Crippen LogP contribution in [0.2, 0.25) is 0 Å². The summed E-state index contributed by atoms with van der Waals surface area (Å²) in [6.45, 7) is 10.3. The van der Waals surface area contributed by atoms with E-state index in [1.165, 1.54) is 12.3 Å². The first kappa shape index (κ1) is 11.5. The predicted molar refractivity (Wildman–Crippen MR) is 59.6 cm³/mol. The Morgan fingerprint density at radius 1 is 1.29 bits per heavy atom. The number of hydrogen-bond donors (Lipinski definition) is 0. The lowest BCUT2D eigenvalue weighted by atomic mass is 9.95. The molecule has 1 heterocycles. The van der Waals surface area contributed by atoms with Crippen molar-refractivity contribution in [1.29, 1.82) is 0 Å². The van der Waals surface area contributed by atoms with Gasteiger partial charge < -0.3 is 9.74 Å². The molecule has 0 atom stereocenters. The number of piperidine rings is 1. The number of likely N-dealkylation sites (tertiary alicyclic amines) is 1.